The number of rotatable bonds is 6. The molecule has 11 aromatic rings. The lowest BCUT2D eigenvalue weighted by atomic mass is 10.0. The quantitative estimate of drug-likeness (QED) is 0.171. The van der Waals surface area contributed by atoms with Gasteiger partial charge in [0, 0.05) is 38.4 Å². The van der Waals surface area contributed by atoms with E-state index in [0.717, 1.165) is 0 Å². The van der Waals surface area contributed by atoms with Crippen LogP contribution in [0.4, 0.5) is 0 Å². The molecule has 0 aliphatic rings. The maximum Gasteiger partial charge on any atom is 0.238 e. The molecule has 0 unspecified atom stereocenters. The van der Waals surface area contributed by atoms with Crippen molar-refractivity contribution in [2.45, 2.75) is 0 Å². The van der Waals surface area contributed by atoms with Gasteiger partial charge in [-0.15, -0.1) is 0 Å². The largest absolute Gasteiger partial charge is 0.307 e. The van der Waals surface area contributed by atoms with Crippen molar-refractivity contribution in [3.63, 3.8) is 0 Å². The molecule has 0 saturated heterocycles. The van der Waals surface area contributed by atoms with E-state index in [1.807, 2.05) is 0 Å². The first-order chi connectivity index (χ1) is 37.3. The topological polar surface area (TPSA) is 48.5 Å². The molecule has 0 N–H and O–H groups in total. The van der Waals surface area contributed by atoms with Crippen molar-refractivity contribution >= 4 is 43.6 Å². The number of nitrogens with zero attached hydrogens (tertiary/aromatic N) is 5. The van der Waals surface area contributed by atoms with Gasteiger partial charge in [0.25, 0.3) is 0 Å². The Morgan fingerprint density at radius 3 is 1.41 bits per heavy atom. The average molecular weight is 739 g/mol. The monoisotopic (exact) mass is 738 g/mol. The molecule has 0 bridgehead atoms. The summed E-state index contributed by atoms with van der Waals surface area (Å²) in [6.07, 6.45) is 0. The molecule has 5 heteroatoms. The fraction of sp³-hybridized carbons (Fsp3) is 0. The molecule has 262 valence electrons. The second kappa shape index (κ2) is 13.0. The van der Waals surface area contributed by atoms with Crippen LogP contribution in [0.25, 0.3) is 100 Å². The highest BCUT2D eigenvalue weighted by atomic mass is 15.2. The van der Waals surface area contributed by atoms with Gasteiger partial charge in [0.15, 0.2) is 11.6 Å². The normalized spacial score (nSPS) is 17.3. The van der Waals surface area contributed by atoms with Gasteiger partial charge >= 0.3 is 0 Å². The van der Waals surface area contributed by atoms with Crippen LogP contribution in [0.15, 0.2) is 200 Å². The Kier molecular flexibility index (Phi) is 3.82. The minimum atomic E-state index is -0.878. The zero-order valence-corrected chi connectivity index (χ0v) is 28.5. The van der Waals surface area contributed by atoms with Gasteiger partial charge in [0.2, 0.25) is 5.95 Å². The van der Waals surface area contributed by atoms with Crippen LogP contribution in [-0.4, -0.2) is 24.1 Å². The molecule has 11 rings (SSSR count). The third-order valence-corrected chi connectivity index (χ3v) is 9.20. The van der Waals surface area contributed by atoms with Crippen molar-refractivity contribution in [2.24, 2.45) is 0 Å². The number of hydrogen-bond donors (Lipinski definition) is 0. The number of hydrogen-bond acceptors (Lipinski definition) is 3. The van der Waals surface area contributed by atoms with Gasteiger partial charge in [-0.25, -0.2) is 4.98 Å². The smallest absolute Gasteiger partial charge is 0.238 e. The van der Waals surface area contributed by atoms with Crippen LogP contribution in [0, 0.1) is 0 Å². The number of aromatic nitrogens is 5. The van der Waals surface area contributed by atoms with Crippen molar-refractivity contribution in [2.75, 3.05) is 0 Å². The van der Waals surface area contributed by atoms with Crippen LogP contribution >= 0.6 is 0 Å². The summed E-state index contributed by atoms with van der Waals surface area (Å²) in [6.45, 7) is 0. The molecule has 0 spiro atoms. The van der Waals surface area contributed by atoms with Crippen molar-refractivity contribution in [3.05, 3.63) is 200 Å². The van der Waals surface area contributed by atoms with Crippen LogP contribution in [-0.2, 0) is 0 Å². The Bertz CT molecular complexity index is 4490. The molecule has 3 aromatic heterocycles. The molecule has 0 aliphatic heterocycles. The van der Waals surface area contributed by atoms with E-state index < -0.39 is 190 Å². The lowest BCUT2D eigenvalue weighted by molar-refractivity contribution is 0.953. The van der Waals surface area contributed by atoms with E-state index in [1.165, 1.54) is 9.13 Å². The summed E-state index contributed by atoms with van der Waals surface area (Å²) in [6, 6.07) is -0.913. The first-order valence-electron chi connectivity index (χ1n) is 28.5. The molecule has 0 saturated carbocycles. The Balaban J connectivity index is 1.32. The molecule has 56 heavy (non-hydrogen) atoms. The molecule has 0 amide bonds. The Hall–Kier alpha value is -7.63. The minimum absolute atomic E-state index is 0.180. The fourth-order valence-corrected chi connectivity index (χ4v) is 6.86. The summed E-state index contributed by atoms with van der Waals surface area (Å²) in [5.41, 5.74) is -2.92. The Morgan fingerprint density at radius 2 is 0.804 bits per heavy atom. The summed E-state index contributed by atoms with van der Waals surface area (Å²) < 4.78 is 206. The number of para-hydroxylation sites is 2. The van der Waals surface area contributed by atoms with Crippen molar-refractivity contribution < 1.29 is 31.5 Å². The molecule has 0 aliphatic carbocycles. The number of benzene rings is 8. The van der Waals surface area contributed by atoms with E-state index in [-0.39, 0.29) is 16.7 Å². The maximum atomic E-state index is 9.83. The molecule has 0 atom stereocenters. The molecule has 8 aromatic carbocycles. The van der Waals surface area contributed by atoms with Crippen molar-refractivity contribution in [1.29, 1.82) is 0 Å². The van der Waals surface area contributed by atoms with Gasteiger partial charge in [0.1, 0.15) is 0 Å². The zero-order valence-electron chi connectivity index (χ0n) is 51.5. The summed E-state index contributed by atoms with van der Waals surface area (Å²) in [5.74, 6) is -1.68. The molecule has 0 fully saturated rings. The Labute approximate surface area is 355 Å². The second-order valence-electron chi connectivity index (χ2n) is 12.3. The van der Waals surface area contributed by atoms with Crippen LogP contribution in [0.3, 0.4) is 0 Å². The average Bonchev–Trinajstić information content (AvgIpc) is 3.55. The van der Waals surface area contributed by atoms with E-state index in [4.69, 9.17) is 33.3 Å². The highest BCUT2D eigenvalue weighted by Crippen LogP contribution is 2.42. The first-order valence-corrected chi connectivity index (χ1v) is 17.0. The van der Waals surface area contributed by atoms with Gasteiger partial charge in [-0.3, -0.25) is 4.57 Å². The summed E-state index contributed by atoms with van der Waals surface area (Å²) in [4.78, 5) is 14.1. The molecule has 0 radical (unpaired) electrons. The van der Waals surface area contributed by atoms with Crippen molar-refractivity contribution in [1.82, 2.24) is 24.1 Å². The SMILES string of the molecule is [2H]c1c([2H])c([2H])c(-c2nc(-c3c([2H])c([2H])c(-c4c([2H])c([2H])c([2H])c([2H])c4[2H])c([2H])c3[2H])nc(-n3c4ccccc4c4ccc5c6ccccc6n(-c6c([2H])c([2H])c([2H])c(-c7c([2H])c([2H])c([2H])c([2H])c7[2H])c6[2H])c5c43)n2)c([2H])c1[2H]. The molecular weight excluding hydrogens is 683 g/mol. The van der Waals surface area contributed by atoms with E-state index in [2.05, 4.69) is 4.98 Å². The summed E-state index contributed by atoms with van der Waals surface area (Å²) in [7, 11) is 0. The van der Waals surface area contributed by atoms with Gasteiger partial charge in [-0.2, -0.15) is 9.97 Å². The highest BCUT2D eigenvalue weighted by molar-refractivity contribution is 6.23. The number of fused-ring (bicyclic) bond motifs is 7. The first kappa shape index (κ1) is 16.4. The summed E-state index contributed by atoms with van der Waals surface area (Å²) >= 11 is 0. The lowest BCUT2D eigenvalue weighted by Gasteiger charge is -2.14. The fourth-order valence-electron chi connectivity index (χ4n) is 6.86. The van der Waals surface area contributed by atoms with Gasteiger partial charge in [0.05, 0.1) is 53.6 Å². The van der Waals surface area contributed by atoms with Crippen LogP contribution in [0.1, 0.15) is 31.5 Å². The van der Waals surface area contributed by atoms with Crippen LogP contribution in [0.2, 0.25) is 0 Å². The van der Waals surface area contributed by atoms with Crippen molar-refractivity contribution in [3.8, 4) is 56.7 Å². The Morgan fingerprint density at radius 1 is 0.357 bits per heavy atom. The third kappa shape index (κ3) is 5.21. The van der Waals surface area contributed by atoms with Gasteiger partial charge in [-0.05, 0) is 46.5 Å². The highest BCUT2D eigenvalue weighted by Gasteiger charge is 2.23. The second-order valence-corrected chi connectivity index (χ2v) is 12.3. The predicted octanol–water partition coefficient (Wildman–Crippen LogP) is 12.7. The van der Waals surface area contributed by atoms with Crippen LogP contribution < -0.4 is 0 Å². The van der Waals surface area contributed by atoms with E-state index >= 15 is 0 Å². The third-order valence-electron chi connectivity index (χ3n) is 9.20. The molecule has 3 heterocycles. The van der Waals surface area contributed by atoms with Gasteiger partial charge in [-0.1, -0.05) is 175 Å². The van der Waals surface area contributed by atoms with E-state index in [1.54, 1.807) is 60.7 Å². The summed E-state index contributed by atoms with van der Waals surface area (Å²) in [5, 5.41) is 1.91. The minimum Gasteiger partial charge on any atom is -0.307 e. The van der Waals surface area contributed by atoms with Gasteiger partial charge < -0.3 is 4.57 Å². The molecule has 5 nitrogen and oxygen atoms in total. The standard InChI is InChI=1S/C51H33N5/c1-4-15-34(16-5-1)36-27-29-38(30-28-36)50-52-49(37-19-8-3-9-20-37)53-51(54-50)56-46-26-13-11-24-42(46)44-32-31-43-41-23-10-12-25-45(41)55(47(43)48(44)56)40-22-14-21-39(33-40)35-17-6-2-7-18-35/h1-33H/i1D,2D,3D,4D,5D,6D,7D,8D,9D,14D,15D,16D,17D,18D,19D,20D,21D,22D,27D,28D,29D,30D,33D. The molecular formula is C51H33N5. The van der Waals surface area contributed by atoms with Crippen LogP contribution in [0.5, 0.6) is 0 Å². The zero-order chi connectivity index (χ0) is 57.0. The predicted molar refractivity (Wildman–Crippen MR) is 230 cm³/mol. The van der Waals surface area contributed by atoms with E-state index in [9.17, 15) is 8.22 Å². The lowest BCUT2D eigenvalue weighted by Crippen LogP contribution is -2.07. The van der Waals surface area contributed by atoms with E-state index in [0.29, 0.717) is 32.6 Å². The maximum absolute atomic E-state index is 9.83.